The SMILES string of the molecule is Cc1ccc(-c2ccsc2C(=O)N2CCN(CC(=O)Nc3ccccc3Cl)CC2)cc1. The van der Waals surface area contributed by atoms with E-state index in [0.717, 1.165) is 16.0 Å². The van der Waals surface area contributed by atoms with E-state index in [1.165, 1.54) is 16.9 Å². The van der Waals surface area contributed by atoms with Gasteiger partial charge in [-0.3, -0.25) is 14.5 Å². The lowest BCUT2D eigenvalue weighted by Gasteiger charge is -2.34. The van der Waals surface area contributed by atoms with Crippen molar-refractivity contribution in [3.63, 3.8) is 0 Å². The van der Waals surface area contributed by atoms with Gasteiger partial charge in [-0.05, 0) is 36.1 Å². The molecular formula is C24H24ClN3O2S. The molecule has 1 aromatic heterocycles. The number of para-hydroxylation sites is 1. The zero-order valence-electron chi connectivity index (χ0n) is 17.3. The lowest BCUT2D eigenvalue weighted by molar-refractivity contribution is -0.117. The van der Waals surface area contributed by atoms with Crippen LogP contribution in [0.3, 0.4) is 0 Å². The van der Waals surface area contributed by atoms with E-state index < -0.39 is 0 Å². The first-order valence-corrected chi connectivity index (χ1v) is 11.5. The van der Waals surface area contributed by atoms with Crippen molar-refractivity contribution in [3.05, 3.63) is 75.4 Å². The van der Waals surface area contributed by atoms with E-state index in [4.69, 9.17) is 11.6 Å². The Morgan fingerprint density at radius 1 is 1.00 bits per heavy atom. The van der Waals surface area contributed by atoms with Crippen molar-refractivity contribution in [2.45, 2.75) is 6.92 Å². The Labute approximate surface area is 191 Å². The minimum atomic E-state index is -0.104. The molecule has 0 bridgehead atoms. The van der Waals surface area contributed by atoms with Crippen LogP contribution in [0.25, 0.3) is 11.1 Å². The third kappa shape index (κ3) is 5.15. The van der Waals surface area contributed by atoms with Crippen molar-refractivity contribution < 1.29 is 9.59 Å². The van der Waals surface area contributed by atoms with Gasteiger partial charge in [0.1, 0.15) is 0 Å². The van der Waals surface area contributed by atoms with Crippen LogP contribution in [0, 0.1) is 6.92 Å². The summed E-state index contributed by atoms with van der Waals surface area (Å²) in [6, 6.07) is 17.4. The largest absolute Gasteiger partial charge is 0.335 e. The van der Waals surface area contributed by atoms with Crippen LogP contribution >= 0.6 is 22.9 Å². The molecule has 2 aromatic carbocycles. The maximum atomic E-state index is 13.2. The summed E-state index contributed by atoms with van der Waals surface area (Å²) in [4.78, 5) is 30.2. The number of hydrogen-bond acceptors (Lipinski definition) is 4. The standard InChI is InChI=1S/C24H24ClN3O2S/c1-17-6-8-18(9-7-17)19-10-15-31-23(19)24(30)28-13-11-27(12-14-28)16-22(29)26-21-5-3-2-4-20(21)25/h2-10,15H,11-14,16H2,1H3,(H,26,29). The van der Waals surface area contributed by atoms with E-state index in [-0.39, 0.29) is 18.4 Å². The van der Waals surface area contributed by atoms with Crippen molar-refractivity contribution in [1.29, 1.82) is 0 Å². The van der Waals surface area contributed by atoms with Crippen LogP contribution in [0.2, 0.25) is 5.02 Å². The zero-order chi connectivity index (χ0) is 21.8. The van der Waals surface area contributed by atoms with E-state index in [9.17, 15) is 9.59 Å². The van der Waals surface area contributed by atoms with Gasteiger partial charge in [-0.1, -0.05) is 53.6 Å². The molecule has 7 heteroatoms. The molecule has 0 spiro atoms. The molecule has 1 fully saturated rings. The van der Waals surface area contributed by atoms with E-state index in [0.29, 0.717) is 36.9 Å². The molecule has 0 aliphatic carbocycles. The predicted octanol–water partition coefficient (Wildman–Crippen LogP) is 4.77. The van der Waals surface area contributed by atoms with Crippen LogP contribution in [-0.2, 0) is 4.79 Å². The number of nitrogens with one attached hydrogen (secondary N) is 1. The molecule has 4 rings (SSSR count). The van der Waals surface area contributed by atoms with Crippen LogP contribution in [-0.4, -0.2) is 54.3 Å². The van der Waals surface area contributed by atoms with Gasteiger partial charge in [-0.25, -0.2) is 0 Å². The first-order valence-electron chi connectivity index (χ1n) is 10.2. The van der Waals surface area contributed by atoms with Crippen molar-refractivity contribution in [2.24, 2.45) is 0 Å². The fraction of sp³-hybridized carbons (Fsp3) is 0.250. The maximum absolute atomic E-state index is 13.2. The molecule has 0 radical (unpaired) electrons. The number of nitrogens with zero attached hydrogens (tertiary/aromatic N) is 2. The monoisotopic (exact) mass is 453 g/mol. The number of thiophene rings is 1. The number of carbonyl (C=O) groups is 2. The van der Waals surface area contributed by atoms with Gasteiger partial charge in [0.15, 0.2) is 0 Å². The molecule has 1 saturated heterocycles. The van der Waals surface area contributed by atoms with E-state index in [1.54, 1.807) is 12.1 Å². The summed E-state index contributed by atoms with van der Waals surface area (Å²) in [5.41, 5.74) is 3.85. The Balaban J connectivity index is 1.34. The molecule has 160 valence electrons. The van der Waals surface area contributed by atoms with Gasteiger partial charge in [-0.15, -0.1) is 11.3 Å². The Hall–Kier alpha value is -2.67. The summed E-state index contributed by atoms with van der Waals surface area (Å²) in [5.74, 6) is -0.0430. The number of rotatable bonds is 5. The van der Waals surface area contributed by atoms with E-state index >= 15 is 0 Å². The minimum Gasteiger partial charge on any atom is -0.335 e. The topological polar surface area (TPSA) is 52.7 Å². The number of hydrogen-bond donors (Lipinski definition) is 1. The average Bonchev–Trinajstić information content (AvgIpc) is 3.26. The molecule has 1 aliphatic rings. The van der Waals surface area contributed by atoms with Gasteiger partial charge in [0.25, 0.3) is 5.91 Å². The van der Waals surface area contributed by atoms with Crippen molar-refractivity contribution >= 4 is 40.4 Å². The quantitative estimate of drug-likeness (QED) is 0.605. The number of amides is 2. The maximum Gasteiger partial charge on any atom is 0.264 e. The fourth-order valence-electron chi connectivity index (χ4n) is 3.64. The lowest BCUT2D eigenvalue weighted by Crippen LogP contribution is -2.50. The third-order valence-corrected chi connectivity index (χ3v) is 6.63. The van der Waals surface area contributed by atoms with Crippen molar-refractivity contribution in [2.75, 3.05) is 38.0 Å². The van der Waals surface area contributed by atoms with Gasteiger partial charge in [-0.2, -0.15) is 0 Å². The zero-order valence-corrected chi connectivity index (χ0v) is 18.9. The molecule has 0 atom stereocenters. The smallest absolute Gasteiger partial charge is 0.264 e. The van der Waals surface area contributed by atoms with E-state index in [1.807, 2.05) is 28.5 Å². The Kier molecular flexibility index (Phi) is 6.70. The number of benzene rings is 2. The molecule has 31 heavy (non-hydrogen) atoms. The first-order chi connectivity index (χ1) is 15.0. The molecule has 2 amide bonds. The van der Waals surface area contributed by atoms with Crippen molar-refractivity contribution in [3.8, 4) is 11.1 Å². The highest BCUT2D eigenvalue weighted by Crippen LogP contribution is 2.30. The highest BCUT2D eigenvalue weighted by molar-refractivity contribution is 7.12. The lowest BCUT2D eigenvalue weighted by atomic mass is 10.0. The normalized spacial score (nSPS) is 14.5. The van der Waals surface area contributed by atoms with E-state index in [2.05, 4.69) is 41.4 Å². The molecular weight excluding hydrogens is 430 g/mol. The Morgan fingerprint density at radius 3 is 2.42 bits per heavy atom. The summed E-state index contributed by atoms with van der Waals surface area (Å²) in [6.07, 6.45) is 0. The second-order valence-corrected chi connectivity index (χ2v) is 8.95. The van der Waals surface area contributed by atoms with Gasteiger partial charge in [0.05, 0.1) is 22.1 Å². The van der Waals surface area contributed by atoms with Gasteiger partial charge < -0.3 is 10.2 Å². The number of aryl methyl sites for hydroxylation is 1. The summed E-state index contributed by atoms with van der Waals surface area (Å²) in [6.45, 7) is 4.85. The van der Waals surface area contributed by atoms with Crippen LogP contribution in [0.15, 0.2) is 60.0 Å². The van der Waals surface area contributed by atoms with Crippen molar-refractivity contribution in [1.82, 2.24) is 9.80 Å². The average molecular weight is 454 g/mol. The fourth-order valence-corrected chi connectivity index (χ4v) is 4.71. The molecule has 1 N–H and O–H groups in total. The van der Waals surface area contributed by atoms with Gasteiger partial charge in [0, 0.05) is 31.7 Å². The van der Waals surface area contributed by atoms with Crippen LogP contribution in [0.1, 0.15) is 15.2 Å². The minimum absolute atomic E-state index is 0.0609. The second kappa shape index (κ2) is 9.64. The molecule has 0 saturated carbocycles. The summed E-state index contributed by atoms with van der Waals surface area (Å²) in [7, 11) is 0. The predicted molar refractivity (Wildman–Crippen MR) is 127 cm³/mol. The van der Waals surface area contributed by atoms with Gasteiger partial charge >= 0.3 is 0 Å². The molecule has 5 nitrogen and oxygen atoms in total. The summed E-state index contributed by atoms with van der Waals surface area (Å²) in [5, 5.41) is 5.34. The molecule has 3 aromatic rings. The van der Waals surface area contributed by atoms with Crippen LogP contribution < -0.4 is 5.32 Å². The summed E-state index contributed by atoms with van der Waals surface area (Å²) < 4.78 is 0. The number of anilines is 1. The van der Waals surface area contributed by atoms with Crippen LogP contribution in [0.4, 0.5) is 5.69 Å². The Morgan fingerprint density at radius 2 is 1.71 bits per heavy atom. The first kappa shape index (κ1) is 21.6. The highest BCUT2D eigenvalue weighted by Gasteiger charge is 2.26. The highest BCUT2D eigenvalue weighted by atomic mass is 35.5. The molecule has 0 unspecified atom stereocenters. The second-order valence-electron chi connectivity index (χ2n) is 7.63. The number of carbonyl (C=O) groups excluding carboxylic acids is 2. The number of halogens is 1. The third-order valence-electron chi connectivity index (χ3n) is 5.40. The molecule has 2 heterocycles. The summed E-state index contributed by atoms with van der Waals surface area (Å²) >= 11 is 7.59. The van der Waals surface area contributed by atoms with Crippen LogP contribution in [0.5, 0.6) is 0 Å². The number of piperazine rings is 1. The van der Waals surface area contributed by atoms with Gasteiger partial charge in [0.2, 0.25) is 5.91 Å². The molecule has 1 aliphatic heterocycles. The Bertz CT molecular complexity index is 1070.